The highest BCUT2D eigenvalue weighted by Gasteiger charge is 2.19. The Labute approximate surface area is 130 Å². The molecule has 0 spiro atoms. The van der Waals surface area contributed by atoms with E-state index < -0.39 is 0 Å². The number of aliphatic hydroxyl groups is 2. The molecule has 0 amide bonds. The number of aromatic nitrogens is 2. The van der Waals surface area contributed by atoms with Gasteiger partial charge in [0.1, 0.15) is 0 Å². The van der Waals surface area contributed by atoms with Crippen molar-refractivity contribution < 1.29 is 10.2 Å². The number of rotatable bonds is 4. The van der Waals surface area contributed by atoms with E-state index in [-0.39, 0.29) is 12.7 Å². The number of nitrogens with zero attached hydrogens (tertiary/aromatic N) is 3. The predicted molar refractivity (Wildman–Crippen MR) is 85.7 cm³/mol. The summed E-state index contributed by atoms with van der Waals surface area (Å²) in [6.07, 6.45) is 5.78. The van der Waals surface area contributed by atoms with Crippen molar-refractivity contribution in [2.24, 2.45) is 0 Å². The summed E-state index contributed by atoms with van der Waals surface area (Å²) in [6.45, 7) is 1.61. The van der Waals surface area contributed by atoms with Gasteiger partial charge in [0.15, 0.2) is 0 Å². The normalized spacial score (nSPS) is 18.5. The molecule has 2 N–H and O–H groups in total. The summed E-state index contributed by atoms with van der Waals surface area (Å²) >= 11 is 0. The molecule has 0 radical (unpaired) electrons. The highest BCUT2D eigenvalue weighted by atomic mass is 16.3. The minimum absolute atomic E-state index is 0.127. The Morgan fingerprint density at radius 3 is 2.68 bits per heavy atom. The zero-order valence-electron chi connectivity index (χ0n) is 12.5. The topological polar surface area (TPSA) is 69.5 Å². The van der Waals surface area contributed by atoms with E-state index in [1.54, 1.807) is 0 Å². The molecule has 1 saturated heterocycles. The van der Waals surface area contributed by atoms with Gasteiger partial charge in [-0.3, -0.25) is 0 Å². The van der Waals surface area contributed by atoms with Crippen molar-refractivity contribution in [2.45, 2.75) is 25.4 Å². The van der Waals surface area contributed by atoms with Crippen LogP contribution in [0.25, 0.3) is 11.1 Å². The summed E-state index contributed by atoms with van der Waals surface area (Å²) in [5.74, 6) is 0.669. The second-order valence-electron chi connectivity index (χ2n) is 5.64. The largest absolute Gasteiger partial charge is 0.396 e. The number of β-amino-alcohol motifs (C(OH)–C–C–N with tert-alkyl or cyclic N) is 1. The van der Waals surface area contributed by atoms with E-state index in [2.05, 4.69) is 9.97 Å². The number of hydrogen-bond acceptors (Lipinski definition) is 5. The number of benzene rings is 1. The third kappa shape index (κ3) is 3.26. The Balaban J connectivity index is 1.82. The van der Waals surface area contributed by atoms with Crippen molar-refractivity contribution in [3.63, 3.8) is 0 Å². The van der Waals surface area contributed by atoms with Crippen molar-refractivity contribution in [3.8, 4) is 11.1 Å². The molecule has 1 unspecified atom stereocenters. The fourth-order valence-electron chi connectivity index (χ4n) is 2.90. The lowest BCUT2D eigenvalue weighted by atomic mass is 10.0. The molecular formula is C17H21N3O2. The van der Waals surface area contributed by atoms with E-state index in [0.717, 1.165) is 36.1 Å². The summed E-state index contributed by atoms with van der Waals surface area (Å²) in [5, 5.41) is 18.9. The summed E-state index contributed by atoms with van der Waals surface area (Å²) in [4.78, 5) is 10.9. The van der Waals surface area contributed by atoms with E-state index in [0.29, 0.717) is 18.9 Å². The molecule has 5 heteroatoms. The molecule has 1 atom stereocenters. The summed E-state index contributed by atoms with van der Waals surface area (Å²) in [7, 11) is 0. The molecule has 1 aromatic heterocycles. The Morgan fingerprint density at radius 2 is 1.95 bits per heavy atom. The molecule has 1 fully saturated rings. The molecule has 1 aliphatic heterocycles. The molecule has 0 saturated carbocycles. The average Bonchev–Trinajstić information content (AvgIpc) is 2.56. The van der Waals surface area contributed by atoms with Gasteiger partial charge in [0.25, 0.3) is 0 Å². The zero-order chi connectivity index (χ0) is 15.4. The van der Waals surface area contributed by atoms with Gasteiger partial charge in [-0.05, 0) is 30.4 Å². The van der Waals surface area contributed by atoms with Crippen molar-refractivity contribution in [1.29, 1.82) is 0 Å². The first-order chi connectivity index (χ1) is 10.8. The molecule has 1 aromatic carbocycles. The van der Waals surface area contributed by atoms with Gasteiger partial charge < -0.3 is 15.1 Å². The molecule has 0 bridgehead atoms. The molecule has 22 heavy (non-hydrogen) atoms. The molecule has 2 aromatic rings. The van der Waals surface area contributed by atoms with Gasteiger partial charge in [-0.25, -0.2) is 9.97 Å². The van der Waals surface area contributed by atoms with Crippen LogP contribution in [0.4, 0.5) is 5.95 Å². The highest BCUT2D eigenvalue weighted by molar-refractivity contribution is 5.66. The van der Waals surface area contributed by atoms with Crippen LogP contribution in [0.5, 0.6) is 0 Å². The molecule has 2 heterocycles. The molecule has 116 valence electrons. The summed E-state index contributed by atoms with van der Waals surface area (Å²) in [6, 6.07) is 7.98. The smallest absolute Gasteiger partial charge is 0.225 e. The summed E-state index contributed by atoms with van der Waals surface area (Å²) in [5.41, 5.74) is 3.10. The highest BCUT2D eigenvalue weighted by Crippen LogP contribution is 2.24. The van der Waals surface area contributed by atoms with E-state index in [4.69, 9.17) is 5.11 Å². The van der Waals surface area contributed by atoms with Gasteiger partial charge >= 0.3 is 0 Å². The fourth-order valence-corrected chi connectivity index (χ4v) is 2.90. The van der Waals surface area contributed by atoms with E-state index in [9.17, 15) is 5.11 Å². The minimum atomic E-state index is -0.290. The van der Waals surface area contributed by atoms with Gasteiger partial charge in [0.05, 0.1) is 6.10 Å². The first-order valence-electron chi connectivity index (χ1n) is 7.72. The lowest BCUT2D eigenvalue weighted by Crippen LogP contribution is -2.39. The first-order valence-corrected chi connectivity index (χ1v) is 7.72. The van der Waals surface area contributed by atoms with Gasteiger partial charge in [-0.2, -0.15) is 0 Å². The third-order valence-electron chi connectivity index (χ3n) is 4.03. The first kappa shape index (κ1) is 14.9. The monoisotopic (exact) mass is 299 g/mol. The van der Waals surface area contributed by atoms with E-state index in [1.165, 1.54) is 0 Å². The Bertz CT molecular complexity index is 616. The number of aliphatic hydroxyl groups excluding tert-OH is 2. The number of hydrogen-bond donors (Lipinski definition) is 2. The summed E-state index contributed by atoms with van der Waals surface area (Å²) < 4.78 is 0. The minimum Gasteiger partial charge on any atom is -0.396 e. The Hall–Kier alpha value is -1.98. The predicted octanol–water partition coefficient (Wildman–Crippen LogP) is 1.64. The standard InChI is InChI=1S/C17H21N3O2/c21-9-7-13-4-1-2-6-16(13)14-10-18-17(19-11-14)20-8-3-5-15(22)12-20/h1-2,4,6,10-11,15,21-22H,3,5,7-9,12H2. The maximum atomic E-state index is 9.75. The van der Waals surface area contributed by atoms with Crippen LogP contribution >= 0.6 is 0 Å². The van der Waals surface area contributed by atoms with Gasteiger partial charge in [-0.1, -0.05) is 24.3 Å². The van der Waals surface area contributed by atoms with Crippen LogP contribution in [0.3, 0.4) is 0 Å². The molecule has 0 aliphatic carbocycles. The van der Waals surface area contributed by atoms with Gasteiger partial charge in [0.2, 0.25) is 5.95 Å². The lowest BCUT2D eigenvalue weighted by molar-refractivity contribution is 0.153. The van der Waals surface area contributed by atoms with Crippen molar-refractivity contribution >= 4 is 5.95 Å². The van der Waals surface area contributed by atoms with Crippen molar-refractivity contribution in [1.82, 2.24) is 9.97 Å². The Kier molecular flexibility index (Phi) is 4.65. The van der Waals surface area contributed by atoms with Crippen LogP contribution in [0.15, 0.2) is 36.7 Å². The van der Waals surface area contributed by atoms with E-state index in [1.807, 2.05) is 41.6 Å². The quantitative estimate of drug-likeness (QED) is 0.898. The van der Waals surface area contributed by atoms with E-state index >= 15 is 0 Å². The number of piperidine rings is 1. The van der Waals surface area contributed by atoms with Gasteiger partial charge in [-0.15, -0.1) is 0 Å². The van der Waals surface area contributed by atoms with Gasteiger partial charge in [0, 0.05) is 37.7 Å². The lowest BCUT2D eigenvalue weighted by Gasteiger charge is -2.29. The maximum Gasteiger partial charge on any atom is 0.225 e. The third-order valence-corrected chi connectivity index (χ3v) is 4.03. The van der Waals surface area contributed by atoms with Crippen LogP contribution < -0.4 is 4.90 Å². The average molecular weight is 299 g/mol. The van der Waals surface area contributed by atoms with Crippen LogP contribution in [-0.4, -0.2) is 46.0 Å². The molecule has 1 aliphatic rings. The van der Waals surface area contributed by atoms with Crippen LogP contribution in [0, 0.1) is 0 Å². The van der Waals surface area contributed by atoms with Crippen LogP contribution in [0.1, 0.15) is 18.4 Å². The molecule has 5 nitrogen and oxygen atoms in total. The number of anilines is 1. The fraction of sp³-hybridized carbons (Fsp3) is 0.412. The molecule has 3 rings (SSSR count). The Morgan fingerprint density at radius 1 is 1.18 bits per heavy atom. The molecular weight excluding hydrogens is 278 g/mol. The van der Waals surface area contributed by atoms with Crippen molar-refractivity contribution in [2.75, 3.05) is 24.6 Å². The second-order valence-corrected chi connectivity index (χ2v) is 5.64. The van der Waals surface area contributed by atoms with Crippen molar-refractivity contribution in [3.05, 3.63) is 42.2 Å². The second kappa shape index (κ2) is 6.85. The zero-order valence-corrected chi connectivity index (χ0v) is 12.5. The SMILES string of the molecule is OCCc1ccccc1-c1cnc(N2CCCC(O)C2)nc1. The maximum absolute atomic E-state index is 9.75. The van der Waals surface area contributed by atoms with Crippen LogP contribution in [0.2, 0.25) is 0 Å². The van der Waals surface area contributed by atoms with Crippen LogP contribution in [-0.2, 0) is 6.42 Å².